The summed E-state index contributed by atoms with van der Waals surface area (Å²) in [6.45, 7) is 10.4. The fourth-order valence-electron chi connectivity index (χ4n) is 1.82. The molecule has 0 aliphatic heterocycles. The van der Waals surface area contributed by atoms with Gasteiger partial charge in [0.2, 0.25) is 0 Å². The van der Waals surface area contributed by atoms with Gasteiger partial charge in [-0.15, -0.1) is 0 Å². The molecule has 0 fully saturated rings. The number of aromatic nitrogens is 3. The van der Waals surface area contributed by atoms with Crippen molar-refractivity contribution in [1.29, 1.82) is 0 Å². The van der Waals surface area contributed by atoms with Gasteiger partial charge >= 0.3 is 0 Å². The monoisotopic (exact) mass is 233 g/mol. The molecule has 94 valence electrons. The second-order valence-corrected chi connectivity index (χ2v) is 4.19. The lowest BCUT2D eigenvalue weighted by atomic mass is 10.1. The van der Waals surface area contributed by atoms with Crippen LogP contribution in [0.5, 0.6) is 0 Å². The molecule has 3 nitrogen and oxygen atoms in total. The molecule has 2 rings (SSSR count). The van der Waals surface area contributed by atoms with E-state index in [4.69, 9.17) is 0 Å². The minimum Gasteiger partial charge on any atom is -0.250 e. The highest BCUT2D eigenvalue weighted by Gasteiger charge is 2.12. The number of rotatable bonds is 2. The molecule has 3 heteroatoms. The predicted octanol–water partition coefficient (Wildman–Crippen LogP) is 3.68. The van der Waals surface area contributed by atoms with Crippen molar-refractivity contribution >= 4 is 11.0 Å². The predicted molar refractivity (Wildman–Crippen MR) is 73.3 cm³/mol. The molecule has 2 aromatic rings. The van der Waals surface area contributed by atoms with E-state index in [0.717, 1.165) is 23.5 Å². The zero-order valence-corrected chi connectivity index (χ0v) is 11.8. The summed E-state index contributed by atoms with van der Waals surface area (Å²) in [4.78, 5) is 4.60. The fourth-order valence-corrected chi connectivity index (χ4v) is 1.82. The van der Waals surface area contributed by atoms with Crippen LogP contribution in [0.2, 0.25) is 0 Å². The highest BCUT2D eigenvalue weighted by atomic mass is 15.3. The summed E-state index contributed by atoms with van der Waals surface area (Å²) in [7, 11) is 1.96. The second-order valence-electron chi connectivity index (χ2n) is 4.19. The van der Waals surface area contributed by atoms with Crippen LogP contribution in [0.1, 0.15) is 51.9 Å². The van der Waals surface area contributed by atoms with E-state index in [0.29, 0.717) is 5.92 Å². The van der Waals surface area contributed by atoms with E-state index in [-0.39, 0.29) is 0 Å². The highest BCUT2D eigenvalue weighted by Crippen LogP contribution is 2.23. The Hall–Kier alpha value is -1.38. The number of hydrogen-bond donors (Lipinski definition) is 0. The Kier molecular flexibility index (Phi) is 4.67. The average molecular weight is 233 g/mol. The van der Waals surface area contributed by atoms with Crippen molar-refractivity contribution in [2.45, 2.75) is 47.0 Å². The molecular formula is C14H23N3. The molecule has 0 aliphatic carbocycles. The Balaban J connectivity index is 0.000000686. The SMILES string of the molecule is CC.CCc1ccc2c(C(C)C)nn(C)c2n1. The van der Waals surface area contributed by atoms with E-state index in [9.17, 15) is 0 Å². The van der Waals surface area contributed by atoms with Crippen LogP contribution in [-0.4, -0.2) is 14.8 Å². The van der Waals surface area contributed by atoms with Crippen LogP contribution in [0.3, 0.4) is 0 Å². The van der Waals surface area contributed by atoms with Gasteiger partial charge in [0.25, 0.3) is 0 Å². The van der Waals surface area contributed by atoms with Crippen molar-refractivity contribution in [1.82, 2.24) is 14.8 Å². The summed E-state index contributed by atoms with van der Waals surface area (Å²) in [5, 5.41) is 5.70. The summed E-state index contributed by atoms with van der Waals surface area (Å²) < 4.78 is 1.88. The third-order valence-corrected chi connectivity index (χ3v) is 2.68. The van der Waals surface area contributed by atoms with Gasteiger partial charge in [0, 0.05) is 18.1 Å². The number of fused-ring (bicyclic) bond motifs is 1. The minimum atomic E-state index is 0.447. The van der Waals surface area contributed by atoms with E-state index in [1.54, 1.807) is 0 Å². The average Bonchev–Trinajstić information content (AvgIpc) is 2.69. The zero-order chi connectivity index (χ0) is 13.0. The summed E-state index contributed by atoms with van der Waals surface area (Å²) in [6, 6.07) is 4.24. The summed E-state index contributed by atoms with van der Waals surface area (Å²) >= 11 is 0. The minimum absolute atomic E-state index is 0.447. The molecule has 0 saturated heterocycles. The molecule has 0 spiro atoms. The highest BCUT2D eigenvalue weighted by molar-refractivity contribution is 5.79. The maximum atomic E-state index is 4.60. The molecule has 0 atom stereocenters. The Bertz CT molecular complexity index is 483. The molecule has 0 saturated carbocycles. The number of aryl methyl sites for hydroxylation is 2. The molecule has 0 N–H and O–H groups in total. The number of nitrogens with zero attached hydrogens (tertiary/aromatic N) is 3. The molecule has 0 amide bonds. The Labute approximate surface area is 104 Å². The first-order chi connectivity index (χ1) is 8.13. The molecule has 0 radical (unpaired) electrons. The van der Waals surface area contributed by atoms with E-state index in [1.807, 2.05) is 25.6 Å². The first-order valence-corrected chi connectivity index (χ1v) is 6.46. The van der Waals surface area contributed by atoms with Gasteiger partial charge in [-0.05, 0) is 24.5 Å². The third-order valence-electron chi connectivity index (χ3n) is 2.68. The molecular weight excluding hydrogens is 210 g/mol. The van der Waals surface area contributed by atoms with Crippen LogP contribution >= 0.6 is 0 Å². The van der Waals surface area contributed by atoms with E-state index in [2.05, 4.69) is 43.0 Å². The lowest BCUT2D eigenvalue weighted by Crippen LogP contribution is -1.95. The molecule has 2 aromatic heterocycles. The second kappa shape index (κ2) is 5.80. The van der Waals surface area contributed by atoms with Crippen molar-refractivity contribution in [2.75, 3.05) is 0 Å². The van der Waals surface area contributed by atoms with Gasteiger partial charge in [-0.25, -0.2) is 4.98 Å². The molecule has 0 aliphatic rings. The zero-order valence-electron chi connectivity index (χ0n) is 11.8. The van der Waals surface area contributed by atoms with Gasteiger partial charge in [-0.3, -0.25) is 4.68 Å². The van der Waals surface area contributed by atoms with Gasteiger partial charge < -0.3 is 0 Å². The van der Waals surface area contributed by atoms with Crippen LogP contribution in [0.15, 0.2) is 12.1 Å². The molecule has 0 aromatic carbocycles. The van der Waals surface area contributed by atoms with Gasteiger partial charge in [0.1, 0.15) is 0 Å². The van der Waals surface area contributed by atoms with Crippen LogP contribution in [0, 0.1) is 0 Å². The van der Waals surface area contributed by atoms with Gasteiger partial charge in [0.05, 0.1) is 5.69 Å². The van der Waals surface area contributed by atoms with Gasteiger partial charge in [0.15, 0.2) is 5.65 Å². The van der Waals surface area contributed by atoms with E-state index in [1.165, 1.54) is 5.39 Å². The molecule has 0 unspecified atom stereocenters. The van der Waals surface area contributed by atoms with Crippen molar-refractivity contribution in [3.8, 4) is 0 Å². The van der Waals surface area contributed by atoms with Crippen LogP contribution in [-0.2, 0) is 13.5 Å². The molecule has 17 heavy (non-hydrogen) atoms. The maximum absolute atomic E-state index is 4.60. The van der Waals surface area contributed by atoms with Crippen LogP contribution in [0.4, 0.5) is 0 Å². The van der Waals surface area contributed by atoms with E-state index < -0.39 is 0 Å². The number of hydrogen-bond acceptors (Lipinski definition) is 2. The van der Waals surface area contributed by atoms with E-state index >= 15 is 0 Å². The van der Waals surface area contributed by atoms with Crippen molar-refractivity contribution in [2.24, 2.45) is 7.05 Å². The quantitative estimate of drug-likeness (QED) is 0.792. The van der Waals surface area contributed by atoms with Gasteiger partial charge in [-0.2, -0.15) is 5.10 Å². The Morgan fingerprint density at radius 2 is 1.88 bits per heavy atom. The summed E-state index contributed by atoms with van der Waals surface area (Å²) in [5.74, 6) is 0.447. The largest absolute Gasteiger partial charge is 0.250 e. The molecule has 2 heterocycles. The Morgan fingerprint density at radius 1 is 1.24 bits per heavy atom. The lowest BCUT2D eigenvalue weighted by Gasteiger charge is -2.00. The van der Waals surface area contributed by atoms with Crippen molar-refractivity contribution in [3.63, 3.8) is 0 Å². The first-order valence-electron chi connectivity index (χ1n) is 6.46. The van der Waals surface area contributed by atoms with Crippen molar-refractivity contribution in [3.05, 3.63) is 23.5 Å². The normalized spacial score (nSPS) is 10.5. The first kappa shape index (κ1) is 13.7. The smallest absolute Gasteiger partial charge is 0.158 e. The van der Waals surface area contributed by atoms with Crippen LogP contribution in [0.25, 0.3) is 11.0 Å². The lowest BCUT2D eigenvalue weighted by molar-refractivity contribution is 0.723. The van der Waals surface area contributed by atoms with Crippen molar-refractivity contribution < 1.29 is 0 Å². The van der Waals surface area contributed by atoms with Crippen LogP contribution < -0.4 is 0 Å². The number of pyridine rings is 1. The Morgan fingerprint density at radius 3 is 2.41 bits per heavy atom. The summed E-state index contributed by atoms with van der Waals surface area (Å²) in [6.07, 6.45) is 0.970. The summed E-state index contributed by atoms with van der Waals surface area (Å²) in [5.41, 5.74) is 3.27. The maximum Gasteiger partial charge on any atom is 0.158 e. The standard InChI is InChI=1S/C12H17N3.C2H6/c1-5-9-6-7-10-11(8(2)3)14-15(4)12(10)13-9;1-2/h6-8H,5H2,1-4H3;1-2H3. The fraction of sp³-hybridized carbons (Fsp3) is 0.571. The topological polar surface area (TPSA) is 30.7 Å². The van der Waals surface area contributed by atoms with Gasteiger partial charge in [-0.1, -0.05) is 34.6 Å². The third kappa shape index (κ3) is 2.65. The molecule has 0 bridgehead atoms.